The maximum Gasteiger partial charge on any atom is 0.0160 e. The molecule has 6 heteroatoms. The molecule has 4 aromatic rings. The molecule has 1 fully saturated rings. The first-order chi connectivity index (χ1) is 22.2. The molecule has 246 valence electrons. The van der Waals surface area contributed by atoms with E-state index in [0.717, 1.165) is 29.6 Å². The summed E-state index contributed by atoms with van der Waals surface area (Å²) in [4.78, 5) is 8.66. The van der Waals surface area contributed by atoms with Gasteiger partial charge in [-0.1, -0.05) is 51.1 Å². The quantitative estimate of drug-likeness (QED) is 0.140. The van der Waals surface area contributed by atoms with Crippen LogP contribution in [0.2, 0.25) is 0 Å². The molecule has 0 saturated heterocycles. The first-order valence-corrected chi connectivity index (χ1v) is 18.3. The zero-order valence-electron chi connectivity index (χ0n) is 28.3. The Labute approximate surface area is 292 Å². The van der Waals surface area contributed by atoms with Gasteiger partial charge in [0, 0.05) is 12.7 Å². The van der Waals surface area contributed by atoms with Crippen LogP contribution in [0, 0.1) is 58.2 Å². The fourth-order valence-corrected chi connectivity index (χ4v) is 6.48. The third-order valence-electron chi connectivity index (χ3n) is 9.72. The van der Waals surface area contributed by atoms with Crippen LogP contribution >= 0.6 is 9.53 Å². The van der Waals surface area contributed by atoms with Gasteiger partial charge in [0.25, 0.3) is 0 Å². The van der Waals surface area contributed by atoms with Gasteiger partial charge in [0.1, 0.15) is 6.73 Å². The molecule has 46 heavy (non-hydrogen) atoms. The van der Waals surface area contributed by atoms with Gasteiger partial charge in [0.05, 0.1) is 17.5 Å². The first-order valence-electron chi connectivity index (χ1n) is 16.3. The summed E-state index contributed by atoms with van der Waals surface area (Å²) in [6, 6.07) is 27.7. The number of anilines is 2. The first kappa shape index (κ1) is 36.2. The average Bonchev–Trinajstić information content (AvgIpc) is 3.44. The molecule has 0 spiro atoms. The van der Waals surface area contributed by atoms with Gasteiger partial charge in [0.2, 0.25) is 6.67 Å². The predicted octanol–water partition coefficient (Wildman–Crippen LogP) is 10.4. The molecule has 3 atom stereocenters. The van der Waals surface area contributed by atoms with E-state index < -0.39 is 0 Å². The van der Waals surface area contributed by atoms with E-state index in [1.807, 2.05) is 42.5 Å². The van der Waals surface area contributed by atoms with Crippen molar-refractivity contribution in [2.75, 3.05) is 16.5 Å². The predicted molar refractivity (Wildman–Crippen MR) is 189 cm³/mol. The van der Waals surface area contributed by atoms with Crippen molar-refractivity contribution in [3.05, 3.63) is 120 Å². The number of ether oxygens (including phenoxy) is 1. The molecule has 2 radical (unpaired) electrons. The number of para-hydroxylation sites is 2. The van der Waals surface area contributed by atoms with Crippen molar-refractivity contribution in [2.24, 2.45) is 17.8 Å². The van der Waals surface area contributed by atoms with E-state index in [0.29, 0.717) is 18.8 Å². The molecular weight excluding hydrogens is 680 g/mol. The van der Waals surface area contributed by atoms with Crippen molar-refractivity contribution in [1.29, 1.82) is 0 Å². The average molecular weight is 729 g/mol. The van der Waals surface area contributed by atoms with Crippen LogP contribution in [0.25, 0.3) is 11.3 Å². The van der Waals surface area contributed by atoms with Crippen LogP contribution in [0.1, 0.15) is 67.9 Å². The van der Waals surface area contributed by atoms with E-state index in [2.05, 4.69) is 134 Å². The van der Waals surface area contributed by atoms with E-state index in [4.69, 9.17) is 4.74 Å². The van der Waals surface area contributed by atoms with Crippen LogP contribution in [0.15, 0.2) is 79.0 Å². The maximum atomic E-state index is 6.54. The summed E-state index contributed by atoms with van der Waals surface area (Å²) in [5, 5.41) is 0. The number of fused-ring (bicyclic) bond motifs is 1. The van der Waals surface area contributed by atoms with E-state index in [1.165, 1.54) is 58.5 Å². The van der Waals surface area contributed by atoms with Crippen molar-refractivity contribution in [3.63, 3.8) is 0 Å². The molecule has 0 bridgehead atoms. The summed E-state index contributed by atoms with van der Waals surface area (Å²) >= 11 is 2.22. The molecule has 1 saturated carbocycles. The zero-order valence-corrected chi connectivity index (χ0v) is 30.6. The van der Waals surface area contributed by atoms with Crippen LogP contribution in [0.5, 0.6) is 0 Å². The van der Waals surface area contributed by atoms with Crippen LogP contribution < -0.4 is 9.80 Å². The van der Waals surface area contributed by atoms with Gasteiger partial charge in [0.15, 0.2) is 0 Å². The standard InChI is InChI=1S/C29H40N2O.C11H8N.ClH.Pd/c1-19(2)25-13-12-20(3)29(15-25)32-18-31-17-30(27-10-8-9-11-28(27)31)16-26-23(6)21(4)14-22(5)24(26)7;1-2-6-10(7-3-1)11-8-4-5-9-12-11;;/h8-11,14,19-20,25,29H,12-13,15-16,18H2,1-7H3;1-6,8-9H;1H;/q;-1;;+2/p-1/t20-,25+,29-;;;/m0.../s1. The van der Waals surface area contributed by atoms with Crippen molar-refractivity contribution < 1.29 is 22.9 Å². The van der Waals surface area contributed by atoms with Crippen molar-refractivity contribution in [2.45, 2.75) is 80.4 Å². The van der Waals surface area contributed by atoms with Gasteiger partial charge in [-0.2, -0.15) is 0 Å². The Morgan fingerprint density at radius 2 is 1.57 bits per heavy atom. The molecule has 6 rings (SSSR count). The number of hydrogen-bond acceptors (Lipinski definition) is 4. The summed E-state index contributed by atoms with van der Waals surface area (Å²) in [7, 11) is 4.49. The Balaban J connectivity index is 0.000000285. The van der Waals surface area contributed by atoms with E-state index in [1.54, 1.807) is 6.20 Å². The van der Waals surface area contributed by atoms with Crippen molar-refractivity contribution in [3.8, 4) is 11.3 Å². The summed E-state index contributed by atoms with van der Waals surface area (Å²) in [5.41, 5.74) is 11.3. The minimum Gasteiger partial charge on any atom is -0.305 e. The van der Waals surface area contributed by atoms with Crippen molar-refractivity contribution >= 4 is 20.9 Å². The Morgan fingerprint density at radius 1 is 0.913 bits per heavy atom. The Hall–Kier alpha value is -2.68. The number of halogens is 1. The van der Waals surface area contributed by atoms with Gasteiger partial charge in [-0.3, -0.25) is 0 Å². The Morgan fingerprint density at radius 3 is 2.17 bits per heavy atom. The number of aryl methyl sites for hydroxylation is 2. The molecule has 2 heterocycles. The van der Waals surface area contributed by atoms with Crippen LogP contribution in [0.3, 0.4) is 0 Å². The van der Waals surface area contributed by atoms with E-state index in [-0.39, 0.29) is 0 Å². The molecule has 1 aromatic heterocycles. The molecule has 3 aromatic carbocycles. The fraction of sp³-hybridized carbons (Fsp3) is 0.400. The van der Waals surface area contributed by atoms with Crippen LogP contribution in [0.4, 0.5) is 11.4 Å². The molecule has 0 amide bonds. The minimum absolute atomic E-state index is 0.336. The number of hydrogen-bond donors (Lipinski definition) is 0. The molecule has 0 N–H and O–H groups in total. The monoisotopic (exact) mass is 727 g/mol. The molecule has 0 unspecified atom stereocenters. The largest absolute Gasteiger partial charge is 0.305 e. The van der Waals surface area contributed by atoms with E-state index >= 15 is 0 Å². The summed E-state index contributed by atoms with van der Waals surface area (Å²) in [5.74, 6) is 2.14. The molecule has 4 nitrogen and oxygen atoms in total. The van der Waals surface area contributed by atoms with Crippen LogP contribution in [-0.4, -0.2) is 17.8 Å². The zero-order chi connectivity index (χ0) is 33.2. The summed E-state index contributed by atoms with van der Waals surface area (Å²) in [6.07, 6.45) is 5.92. The maximum absolute atomic E-state index is 6.54. The van der Waals surface area contributed by atoms with Gasteiger partial charge in [-0.25, -0.2) is 0 Å². The summed E-state index contributed by atoms with van der Waals surface area (Å²) in [6.45, 7) is 21.0. The minimum atomic E-state index is 0.336. The normalized spacial score (nSPS) is 18.8. The number of rotatable bonds is 7. The third kappa shape index (κ3) is 9.02. The van der Waals surface area contributed by atoms with Gasteiger partial charge in [-0.05, 0) is 116 Å². The topological polar surface area (TPSA) is 28.6 Å². The smallest absolute Gasteiger partial charge is 0.0160 e. The molecule has 2 aliphatic rings. The van der Waals surface area contributed by atoms with Crippen molar-refractivity contribution in [1.82, 2.24) is 4.98 Å². The number of pyridine rings is 1. The summed E-state index contributed by atoms with van der Waals surface area (Å²) < 4.78 is 6.54. The molecule has 1 aliphatic carbocycles. The second-order valence-corrected chi connectivity index (χ2v) is 13.0. The van der Waals surface area contributed by atoms with Gasteiger partial charge in [-0.15, -0.1) is 35.9 Å². The second kappa shape index (κ2) is 17.5. The van der Waals surface area contributed by atoms with E-state index in [9.17, 15) is 0 Å². The Kier molecular flexibility index (Phi) is 13.7. The second-order valence-electron chi connectivity index (χ2n) is 13.0. The van der Waals surface area contributed by atoms with Gasteiger partial charge >= 0.3 is 27.7 Å². The SMILES string of the molecule is Cc1cc(C)c(C)c(CN2[C]N(CO[C@H]3C[C@H](C(C)C)CC[C@@H]3C)c3ccccc32)c1C.[Cl][Pd+].[c-]1ccccc1-c1ccccn1. The number of aromatic nitrogens is 1. The third-order valence-corrected chi connectivity index (χ3v) is 9.72. The van der Waals surface area contributed by atoms with Crippen LogP contribution in [-0.2, 0) is 29.5 Å². The Bertz CT molecular complexity index is 1450. The number of nitrogens with zero attached hydrogens (tertiary/aromatic N) is 3. The molecule has 1 aliphatic heterocycles. The van der Waals surface area contributed by atoms with Gasteiger partial charge < -0.3 is 19.5 Å². The molecular formula is C40H48ClN3OPd. The number of benzene rings is 3. The fourth-order valence-electron chi connectivity index (χ4n) is 6.48.